The van der Waals surface area contributed by atoms with Gasteiger partial charge in [0.1, 0.15) is 23.3 Å². The Kier molecular flexibility index (Phi) is 8.65. The summed E-state index contributed by atoms with van der Waals surface area (Å²) in [5.74, 6) is -1.36. The van der Waals surface area contributed by atoms with Crippen LogP contribution in [0.5, 0.6) is 5.75 Å². The van der Waals surface area contributed by atoms with E-state index in [-0.39, 0.29) is 23.0 Å². The molecule has 0 saturated heterocycles. The maximum atomic E-state index is 11.3. The standard InChI is InChI=1S/C13H17N3O4S.FH/c14-10(5-8-1-3-9(17)4-2-8)13(21)16-6-11(18)15-7-12(19)20;/h1-4,10,17H,5-7,14H2,(H,15,18)(H,16,21)(H,19,20);1H/t10-;/m0./s1. The van der Waals surface area contributed by atoms with Crippen molar-refractivity contribution in [3.05, 3.63) is 29.8 Å². The third-order valence-electron chi connectivity index (χ3n) is 2.65. The highest BCUT2D eigenvalue weighted by atomic mass is 32.1. The average molecular weight is 331 g/mol. The predicted octanol–water partition coefficient (Wildman–Crippen LogP) is -4.33. The summed E-state index contributed by atoms with van der Waals surface area (Å²) in [5.41, 5.74) is 4.88. The van der Waals surface area contributed by atoms with Crippen molar-refractivity contribution in [2.75, 3.05) is 13.1 Å². The van der Waals surface area contributed by atoms with Gasteiger partial charge >= 0.3 is 5.97 Å². The van der Waals surface area contributed by atoms with E-state index in [0.29, 0.717) is 11.4 Å². The number of hydrogen-bond donors (Lipinski definition) is 5. The smallest absolute Gasteiger partial charge is 0.322 e. The van der Waals surface area contributed by atoms with Crippen molar-refractivity contribution >= 4 is 29.1 Å². The molecule has 22 heavy (non-hydrogen) atoms. The van der Waals surface area contributed by atoms with Crippen LogP contribution in [-0.2, 0) is 16.0 Å². The molecule has 0 bridgehead atoms. The van der Waals surface area contributed by atoms with E-state index < -0.39 is 18.4 Å². The molecule has 1 aromatic rings. The molecule has 1 rings (SSSR count). The second-order valence-corrected chi connectivity index (χ2v) is 4.90. The number of nitrogens with one attached hydrogen (secondary N) is 2. The number of aromatic hydroxyl groups is 1. The van der Waals surface area contributed by atoms with Gasteiger partial charge in [-0.25, -0.2) is 0 Å². The van der Waals surface area contributed by atoms with Crippen molar-refractivity contribution in [1.29, 1.82) is 0 Å². The molecule has 0 fully saturated rings. The zero-order valence-corrected chi connectivity index (χ0v) is 12.5. The Morgan fingerprint density at radius 2 is 1.77 bits per heavy atom. The van der Waals surface area contributed by atoms with Gasteiger partial charge in [-0.2, -0.15) is 0 Å². The van der Waals surface area contributed by atoms with Crippen molar-refractivity contribution in [2.24, 2.45) is 0 Å². The number of phenols is 1. The normalized spacial score (nSPS) is 11.0. The van der Waals surface area contributed by atoms with E-state index in [9.17, 15) is 14.7 Å². The van der Waals surface area contributed by atoms with Crippen LogP contribution in [0.2, 0.25) is 0 Å². The second-order valence-electron chi connectivity index (χ2n) is 4.46. The number of halogens is 1. The molecule has 0 aliphatic carbocycles. The largest absolute Gasteiger partial charge is 1.00 e. The monoisotopic (exact) mass is 331 g/mol. The minimum atomic E-state index is -1.10. The number of rotatable bonds is 7. The van der Waals surface area contributed by atoms with Crippen LogP contribution in [0.4, 0.5) is 0 Å². The number of carbonyl (C=O) groups excluding carboxylic acids is 1. The van der Waals surface area contributed by atoms with Crippen molar-refractivity contribution in [3.63, 3.8) is 0 Å². The fourth-order valence-corrected chi connectivity index (χ4v) is 1.71. The number of carboxylic acids is 1. The first-order valence-corrected chi connectivity index (χ1v) is 6.66. The molecule has 1 atom stereocenters. The molecular formula is C13H18FN3O4S. The predicted molar refractivity (Wildman–Crippen MR) is 79.7 cm³/mol. The number of amides is 1. The van der Waals surface area contributed by atoms with E-state index in [0.717, 1.165) is 5.56 Å². The molecule has 1 amide bonds. The lowest BCUT2D eigenvalue weighted by atomic mass is 10.1. The molecular weight excluding hydrogens is 313 g/mol. The Balaban J connectivity index is 0.00000441. The molecule has 9 heteroatoms. The first-order chi connectivity index (χ1) is 9.88. The number of carbonyl (C=O) groups is 2. The molecule has 7 N–H and O–H groups in total. The van der Waals surface area contributed by atoms with Gasteiger partial charge in [0, 0.05) is 6.42 Å². The number of thiocarbonyl (C=S) groups is 1. The summed E-state index contributed by atoms with van der Waals surface area (Å²) >= 11 is 5.14. The molecule has 0 spiro atoms. The van der Waals surface area contributed by atoms with Crippen LogP contribution in [0.1, 0.15) is 5.56 Å². The number of carboxylic acid groups (broad SMARTS) is 1. The van der Waals surface area contributed by atoms with Crippen molar-refractivity contribution < 1.29 is 30.2 Å². The van der Waals surface area contributed by atoms with Crippen LogP contribution in [0.15, 0.2) is 24.3 Å². The number of phenolic OH excluding ortho intramolecular Hbond substituents is 1. The van der Waals surface area contributed by atoms with Crippen LogP contribution in [0, 0.1) is 0 Å². The van der Waals surface area contributed by atoms with Crippen molar-refractivity contribution in [3.8, 4) is 5.75 Å². The molecule has 7 nitrogen and oxygen atoms in total. The number of aliphatic carboxylic acids is 1. The first kappa shape index (κ1) is 19.7. The third-order valence-corrected chi connectivity index (χ3v) is 3.13. The number of quaternary nitrogens is 1. The lowest BCUT2D eigenvalue weighted by Crippen LogP contribution is -3.00. The highest BCUT2D eigenvalue weighted by molar-refractivity contribution is 7.80. The topological polar surface area (TPSA) is 126 Å². The maximum absolute atomic E-state index is 11.3. The van der Waals surface area contributed by atoms with Crippen LogP contribution in [0.25, 0.3) is 0 Å². The fourth-order valence-electron chi connectivity index (χ4n) is 1.56. The summed E-state index contributed by atoms with van der Waals surface area (Å²) in [4.78, 5) is 22.0. The van der Waals surface area contributed by atoms with Crippen LogP contribution >= 0.6 is 12.2 Å². The molecule has 0 radical (unpaired) electrons. The van der Waals surface area contributed by atoms with Gasteiger partial charge < -0.3 is 31.3 Å². The minimum absolute atomic E-state index is 0. The fraction of sp³-hybridized carbons (Fsp3) is 0.308. The SMILES string of the molecule is [F-].[NH3+][C@@H](Cc1ccc(O)cc1)C(=S)NCC(=O)NCC(=O)O. The summed E-state index contributed by atoms with van der Waals surface area (Å²) in [5, 5.41) is 22.6. The van der Waals surface area contributed by atoms with Gasteiger partial charge in [0.2, 0.25) is 5.91 Å². The molecule has 0 heterocycles. The Hall–Kier alpha value is -2.26. The van der Waals surface area contributed by atoms with Gasteiger partial charge in [0.15, 0.2) is 0 Å². The lowest BCUT2D eigenvalue weighted by Gasteiger charge is -2.12. The maximum Gasteiger partial charge on any atom is 0.322 e. The molecule has 0 aliphatic heterocycles. The van der Waals surface area contributed by atoms with Gasteiger partial charge in [0.25, 0.3) is 0 Å². The van der Waals surface area contributed by atoms with E-state index >= 15 is 0 Å². The number of benzene rings is 1. The quantitative estimate of drug-likeness (QED) is 0.322. The first-order valence-electron chi connectivity index (χ1n) is 6.25. The Labute approximate surface area is 131 Å². The van der Waals surface area contributed by atoms with Crippen LogP contribution in [0.3, 0.4) is 0 Å². The van der Waals surface area contributed by atoms with Gasteiger partial charge in [-0.05, 0) is 17.7 Å². The zero-order valence-electron chi connectivity index (χ0n) is 11.7. The molecule has 0 aromatic heterocycles. The van der Waals surface area contributed by atoms with Gasteiger partial charge in [0.05, 0.1) is 6.54 Å². The number of hydrogen-bond acceptors (Lipinski definition) is 4. The molecule has 0 saturated carbocycles. The second kappa shape index (κ2) is 9.64. The summed E-state index contributed by atoms with van der Waals surface area (Å²) in [7, 11) is 0. The molecule has 122 valence electrons. The van der Waals surface area contributed by atoms with E-state index in [1.165, 1.54) is 0 Å². The van der Waals surface area contributed by atoms with Crippen LogP contribution in [-0.4, -0.2) is 46.2 Å². The molecule has 1 aromatic carbocycles. The minimum Gasteiger partial charge on any atom is -1.00 e. The van der Waals surface area contributed by atoms with Gasteiger partial charge in [-0.1, -0.05) is 24.4 Å². The summed E-state index contributed by atoms with van der Waals surface area (Å²) in [6, 6.07) is 6.48. The Morgan fingerprint density at radius 3 is 2.32 bits per heavy atom. The van der Waals surface area contributed by atoms with E-state index in [1.807, 2.05) is 0 Å². The highest BCUT2D eigenvalue weighted by Crippen LogP contribution is 2.10. The van der Waals surface area contributed by atoms with E-state index in [1.54, 1.807) is 24.3 Å². The van der Waals surface area contributed by atoms with E-state index in [2.05, 4.69) is 16.4 Å². The molecule has 0 unspecified atom stereocenters. The highest BCUT2D eigenvalue weighted by Gasteiger charge is 2.15. The summed E-state index contributed by atoms with van der Waals surface area (Å²) in [6.07, 6.45) is 0.572. The Morgan fingerprint density at radius 1 is 1.18 bits per heavy atom. The summed E-state index contributed by atoms with van der Waals surface area (Å²) in [6.45, 7) is -0.512. The van der Waals surface area contributed by atoms with E-state index in [4.69, 9.17) is 17.3 Å². The van der Waals surface area contributed by atoms with Crippen molar-refractivity contribution in [2.45, 2.75) is 12.5 Å². The average Bonchev–Trinajstić information content (AvgIpc) is 2.44. The van der Waals surface area contributed by atoms with Crippen LogP contribution < -0.4 is 21.1 Å². The van der Waals surface area contributed by atoms with Gasteiger partial charge in [-0.15, -0.1) is 0 Å². The van der Waals surface area contributed by atoms with Gasteiger partial charge in [-0.3, -0.25) is 9.59 Å². The zero-order chi connectivity index (χ0) is 15.8. The summed E-state index contributed by atoms with van der Waals surface area (Å²) < 4.78 is 0. The Bertz CT molecular complexity index is 525. The lowest BCUT2D eigenvalue weighted by molar-refractivity contribution is -0.394. The molecule has 0 aliphatic rings. The van der Waals surface area contributed by atoms with Crippen molar-refractivity contribution in [1.82, 2.24) is 10.6 Å². The third kappa shape index (κ3) is 7.50.